The quantitative estimate of drug-likeness (QED) is 0.827. The number of hydrogen-bond donors (Lipinski definition) is 2. The standard InChI is InChI=1S/C13H12N2O4S/c1-10-9-13(14-19-10)15-20(17,18)12-7-3-2-5-11(12)6-4-8-16/h2-3,5,7,9,16H,8H2,1H3,(H,14,15). The molecule has 2 rings (SSSR count). The zero-order valence-corrected chi connectivity index (χ0v) is 11.4. The summed E-state index contributed by atoms with van der Waals surface area (Å²) in [5.74, 6) is 5.62. The zero-order valence-electron chi connectivity index (χ0n) is 10.6. The van der Waals surface area contributed by atoms with Crippen LogP contribution in [0.5, 0.6) is 0 Å². The van der Waals surface area contributed by atoms with Gasteiger partial charge in [-0.2, -0.15) is 0 Å². The summed E-state index contributed by atoms with van der Waals surface area (Å²) in [5, 5.41) is 12.3. The van der Waals surface area contributed by atoms with Crippen molar-refractivity contribution in [1.82, 2.24) is 5.16 Å². The SMILES string of the molecule is Cc1cc(NS(=O)(=O)c2ccccc2C#CCO)no1. The molecule has 0 radical (unpaired) electrons. The van der Waals surface area contributed by atoms with E-state index in [1.165, 1.54) is 12.1 Å². The largest absolute Gasteiger partial charge is 0.384 e. The lowest BCUT2D eigenvalue weighted by atomic mass is 10.2. The average molecular weight is 292 g/mol. The summed E-state index contributed by atoms with van der Waals surface area (Å²) >= 11 is 0. The number of anilines is 1. The van der Waals surface area contributed by atoms with E-state index in [1.807, 2.05) is 0 Å². The van der Waals surface area contributed by atoms with E-state index in [0.29, 0.717) is 11.3 Å². The highest BCUT2D eigenvalue weighted by molar-refractivity contribution is 7.92. The molecule has 0 saturated heterocycles. The van der Waals surface area contributed by atoms with Crippen LogP contribution in [0.4, 0.5) is 5.82 Å². The average Bonchev–Trinajstić information content (AvgIpc) is 2.81. The number of aliphatic hydroxyl groups is 1. The summed E-state index contributed by atoms with van der Waals surface area (Å²) in [6.45, 7) is 1.32. The second-order valence-corrected chi connectivity index (χ2v) is 5.54. The highest BCUT2D eigenvalue weighted by Crippen LogP contribution is 2.18. The van der Waals surface area contributed by atoms with Crippen molar-refractivity contribution < 1.29 is 18.0 Å². The van der Waals surface area contributed by atoms with Gasteiger partial charge in [0.1, 0.15) is 17.3 Å². The first-order chi connectivity index (χ1) is 9.53. The molecule has 0 fully saturated rings. The van der Waals surface area contributed by atoms with Crippen LogP contribution in [-0.2, 0) is 10.0 Å². The summed E-state index contributed by atoms with van der Waals surface area (Å²) in [6, 6.07) is 7.72. The Labute approximate surface area is 116 Å². The maximum absolute atomic E-state index is 12.3. The van der Waals surface area contributed by atoms with E-state index in [0.717, 1.165) is 0 Å². The van der Waals surface area contributed by atoms with E-state index in [-0.39, 0.29) is 17.3 Å². The Kier molecular flexibility index (Phi) is 4.08. The molecule has 0 unspecified atom stereocenters. The number of aliphatic hydroxyl groups excluding tert-OH is 1. The topological polar surface area (TPSA) is 92.4 Å². The van der Waals surface area contributed by atoms with Crippen molar-refractivity contribution in [2.45, 2.75) is 11.8 Å². The zero-order chi connectivity index (χ0) is 14.6. The molecule has 2 aromatic rings. The highest BCUT2D eigenvalue weighted by atomic mass is 32.2. The summed E-state index contributed by atoms with van der Waals surface area (Å²) in [6.07, 6.45) is 0. The van der Waals surface area contributed by atoms with Crippen LogP contribution in [0.1, 0.15) is 11.3 Å². The Balaban J connectivity index is 2.39. The van der Waals surface area contributed by atoms with Gasteiger partial charge in [-0.05, 0) is 19.1 Å². The molecule has 0 saturated carbocycles. The van der Waals surface area contributed by atoms with Crippen LogP contribution >= 0.6 is 0 Å². The van der Waals surface area contributed by atoms with E-state index < -0.39 is 10.0 Å². The van der Waals surface area contributed by atoms with E-state index in [2.05, 4.69) is 21.7 Å². The van der Waals surface area contributed by atoms with E-state index >= 15 is 0 Å². The normalized spacial score (nSPS) is 10.7. The number of nitrogens with one attached hydrogen (secondary N) is 1. The number of hydrogen-bond acceptors (Lipinski definition) is 5. The second kappa shape index (κ2) is 5.77. The van der Waals surface area contributed by atoms with Gasteiger partial charge in [-0.25, -0.2) is 8.42 Å². The molecule has 2 N–H and O–H groups in total. The fourth-order valence-electron chi connectivity index (χ4n) is 1.55. The first-order valence-electron chi connectivity index (χ1n) is 5.68. The van der Waals surface area contributed by atoms with Gasteiger partial charge in [-0.1, -0.05) is 29.1 Å². The van der Waals surface area contributed by atoms with Crippen LogP contribution in [0, 0.1) is 18.8 Å². The van der Waals surface area contributed by atoms with E-state index in [1.54, 1.807) is 25.1 Å². The van der Waals surface area contributed by atoms with Gasteiger partial charge in [-0.15, -0.1) is 0 Å². The molecular formula is C13H12N2O4S. The minimum atomic E-state index is -3.82. The number of benzene rings is 1. The van der Waals surface area contributed by atoms with Crippen LogP contribution in [-0.4, -0.2) is 25.3 Å². The third-order valence-corrected chi connectivity index (χ3v) is 3.76. The minimum absolute atomic E-state index is 0.0154. The first kappa shape index (κ1) is 14.1. The third kappa shape index (κ3) is 3.17. The molecule has 0 bridgehead atoms. The van der Waals surface area contributed by atoms with Crippen molar-refractivity contribution in [3.63, 3.8) is 0 Å². The van der Waals surface area contributed by atoms with E-state index in [9.17, 15) is 8.42 Å². The number of aromatic nitrogens is 1. The Hall–Kier alpha value is -2.30. The van der Waals surface area contributed by atoms with Gasteiger partial charge >= 0.3 is 0 Å². The first-order valence-corrected chi connectivity index (χ1v) is 7.16. The van der Waals surface area contributed by atoms with Crippen molar-refractivity contribution in [3.05, 3.63) is 41.7 Å². The molecule has 1 heterocycles. The molecule has 0 amide bonds. The molecular weight excluding hydrogens is 280 g/mol. The fraction of sp³-hybridized carbons (Fsp3) is 0.154. The van der Waals surface area contributed by atoms with Gasteiger partial charge < -0.3 is 9.63 Å². The molecule has 1 aromatic heterocycles. The molecule has 0 aliphatic rings. The van der Waals surface area contributed by atoms with Gasteiger partial charge in [0, 0.05) is 11.6 Å². The molecule has 104 valence electrons. The molecule has 0 atom stereocenters. The molecule has 1 aromatic carbocycles. The van der Waals surface area contributed by atoms with Crippen LogP contribution in [0.2, 0.25) is 0 Å². The van der Waals surface area contributed by atoms with Gasteiger partial charge in [-0.3, -0.25) is 4.72 Å². The van der Waals surface area contributed by atoms with Crippen molar-refractivity contribution in [2.24, 2.45) is 0 Å². The van der Waals surface area contributed by atoms with Gasteiger partial charge in [0.25, 0.3) is 10.0 Å². The maximum Gasteiger partial charge on any atom is 0.264 e. The predicted octanol–water partition coefficient (Wildman–Crippen LogP) is 1.13. The van der Waals surface area contributed by atoms with Crippen molar-refractivity contribution in [1.29, 1.82) is 0 Å². The van der Waals surface area contributed by atoms with Crippen LogP contribution in [0.25, 0.3) is 0 Å². The predicted molar refractivity (Wildman–Crippen MR) is 72.5 cm³/mol. The Bertz CT molecular complexity index is 769. The van der Waals surface area contributed by atoms with Gasteiger partial charge in [0.15, 0.2) is 5.82 Å². The van der Waals surface area contributed by atoms with Gasteiger partial charge in [0.2, 0.25) is 0 Å². The van der Waals surface area contributed by atoms with Crippen molar-refractivity contribution in [2.75, 3.05) is 11.3 Å². The number of nitrogens with zero attached hydrogens (tertiary/aromatic N) is 1. The van der Waals surface area contributed by atoms with E-state index in [4.69, 9.17) is 9.63 Å². The lowest BCUT2D eigenvalue weighted by Gasteiger charge is -2.06. The smallest absolute Gasteiger partial charge is 0.264 e. The summed E-state index contributed by atoms with van der Waals surface area (Å²) < 4.78 is 31.7. The molecule has 7 heteroatoms. The van der Waals surface area contributed by atoms with Crippen molar-refractivity contribution >= 4 is 15.8 Å². The lowest BCUT2D eigenvalue weighted by molar-refractivity contribution is 0.350. The fourth-order valence-corrected chi connectivity index (χ4v) is 2.69. The second-order valence-electron chi connectivity index (χ2n) is 3.88. The molecule has 20 heavy (non-hydrogen) atoms. The number of sulfonamides is 1. The van der Waals surface area contributed by atoms with Gasteiger partial charge in [0.05, 0.1) is 0 Å². The van der Waals surface area contributed by atoms with Crippen molar-refractivity contribution in [3.8, 4) is 11.8 Å². The Morgan fingerprint density at radius 3 is 2.80 bits per heavy atom. The summed E-state index contributed by atoms with van der Waals surface area (Å²) in [4.78, 5) is 0.0154. The van der Waals surface area contributed by atoms with Crippen LogP contribution in [0.15, 0.2) is 39.8 Å². The molecule has 6 nitrogen and oxygen atoms in total. The summed E-state index contributed by atoms with van der Waals surface area (Å²) in [7, 11) is -3.82. The Morgan fingerprint density at radius 1 is 1.40 bits per heavy atom. The molecule has 0 aliphatic carbocycles. The molecule has 0 spiro atoms. The Morgan fingerprint density at radius 2 is 2.15 bits per heavy atom. The highest BCUT2D eigenvalue weighted by Gasteiger charge is 2.19. The minimum Gasteiger partial charge on any atom is -0.384 e. The molecule has 0 aliphatic heterocycles. The van der Waals surface area contributed by atoms with Crippen LogP contribution < -0.4 is 4.72 Å². The monoisotopic (exact) mass is 292 g/mol. The lowest BCUT2D eigenvalue weighted by Crippen LogP contribution is -2.14. The number of aryl methyl sites for hydroxylation is 1. The summed E-state index contributed by atoms with van der Waals surface area (Å²) in [5.41, 5.74) is 0.300. The number of rotatable bonds is 3. The third-order valence-electron chi connectivity index (χ3n) is 2.35. The maximum atomic E-state index is 12.3. The van der Waals surface area contributed by atoms with Crippen LogP contribution in [0.3, 0.4) is 0 Å².